The molecule has 0 aliphatic carbocycles. The molecule has 6 rings (SSSR count). The van der Waals surface area contributed by atoms with Crippen LogP contribution in [0.1, 0.15) is 52.7 Å². The summed E-state index contributed by atoms with van der Waals surface area (Å²) in [5.74, 6) is 0. The van der Waals surface area contributed by atoms with Crippen molar-refractivity contribution in [3.63, 3.8) is 0 Å². The average Bonchev–Trinajstić information content (AvgIpc) is 3.26. The van der Waals surface area contributed by atoms with Crippen LogP contribution in [0.25, 0.3) is 38.6 Å². The van der Waals surface area contributed by atoms with Gasteiger partial charge >= 0.3 is 0 Å². The molecule has 0 radical (unpaired) electrons. The molecule has 1 heterocycles. The lowest BCUT2D eigenvalue weighted by molar-refractivity contribution is 0.590. The molecule has 0 spiro atoms. The van der Waals surface area contributed by atoms with Crippen LogP contribution in [-0.2, 0) is 10.8 Å². The molecule has 0 fully saturated rings. The number of hydrogen-bond acceptors (Lipinski definition) is 1. The van der Waals surface area contributed by atoms with E-state index in [2.05, 4.69) is 167 Å². The molecular formula is C38H38N2. The first-order valence-electron chi connectivity index (χ1n) is 14.2. The third kappa shape index (κ3) is 4.91. The second kappa shape index (κ2) is 9.71. The Hall–Kier alpha value is -4.30. The molecule has 0 saturated heterocycles. The van der Waals surface area contributed by atoms with E-state index in [4.69, 9.17) is 0 Å². The van der Waals surface area contributed by atoms with Crippen LogP contribution in [0.4, 0.5) is 11.4 Å². The van der Waals surface area contributed by atoms with Crippen molar-refractivity contribution in [2.75, 3.05) is 5.32 Å². The highest BCUT2D eigenvalue weighted by molar-refractivity contribution is 6.10. The Bertz CT molecular complexity index is 1740. The van der Waals surface area contributed by atoms with Gasteiger partial charge in [0.05, 0.1) is 11.0 Å². The summed E-state index contributed by atoms with van der Waals surface area (Å²) in [5.41, 5.74) is 11.1. The summed E-state index contributed by atoms with van der Waals surface area (Å²) in [6.45, 7) is 13.7. The van der Waals surface area contributed by atoms with E-state index in [0.717, 1.165) is 17.1 Å². The summed E-state index contributed by atoms with van der Waals surface area (Å²) in [4.78, 5) is 0. The fourth-order valence-electron chi connectivity index (χ4n) is 5.50. The quantitative estimate of drug-likeness (QED) is 0.244. The maximum Gasteiger partial charge on any atom is 0.0541 e. The molecule has 2 heteroatoms. The Labute approximate surface area is 238 Å². The molecule has 200 valence electrons. The second-order valence-electron chi connectivity index (χ2n) is 12.9. The molecule has 2 nitrogen and oxygen atoms in total. The number of hydrogen-bond donors (Lipinski definition) is 1. The first-order valence-corrected chi connectivity index (χ1v) is 14.2. The van der Waals surface area contributed by atoms with Crippen LogP contribution in [0.2, 0.25) is 0 Å². The summed E-state index contributed by atoms with van der Waals surface area (Å²) < 4.78 is 2.41. The first-order chi connectivity index (χ1) is 19.1. The maximum absolute atomic E-state index is 3.63. The van der Waals surface area contributed by atoms with E-state index in [1.807, 2.05) is 0 Å². The van der Waals surface area contributed by atoms with E-state index in [0.29, 0.717) is 0 Å². The van der Waals surface area contributed by atoms with Crippen molar-refractivity contribution in [2.45, 2.75) is 52.4 Å². The Morgan fingerprint density at radius 2 is 1.02 bits per heavy atom. The van der Waals surface area contributed by atoms with Crippen molar-refractivity contribution in [1.82, 2.24) is 4.57 Å². The van der Waals surface area contributed by atoms with E-state index in [-0.39, 0.29) is 10.8 Å². The SMILES string of the molecule is CC(C)(C)c1ccc2c(c1)c1cc(C(C)(C)C)ccc1n2-c1cccc(Nc2ccc(-c3ccccc3)cc2)c1. The lowest BCUT2D eigenvalue weighted by atomic mass is 9.85. The minimum absolute atomic E-state index is 0.0874. The molecule has 6 aromatic rings. The molecule has 1 N–H and O–H groups in total. The van der Waals surface area contributed by atoms with Crippen LogP contribution in [-0.4, -0.2) is 4.57 Å². The van der Waals surface area contributed by atoms with Crippen molar-refractivity contribution in [1.29, 1.82) is 0 Å². The van der Waals surface area contributed by atoms with Crippen LogP contribution in [0, 0.1) is 0 Å². The molecule has 1 aromatic heterocycles. The van der Waals surface area contributed by atoms with E-state index in [9.17, 15) is 0 Å². The van der Waals surface area contributed by atoms with Crippen molar-refractivity contribution in [3.8, 4) is 16.8 Å². The largest absolute Gasteiger partial charge is 0.355 e. The van der Waals surface area contributed by atoms with E-state index < -0.39 is 0 Å². The van der Waals surface area contributed by atoms with Crippen molar-refractivity contribution in [3.05, 3.63) is 126 Å². The third-order valence-corrected chi connectivity index (χ3v) is 7.88. The highest BCUT2D eigenvalue weighted by Crippen LogP contribution is 2.38. The predicted molar refractivity (Wildman–Crippen MR) is 173 cm³/mol. The molecule has 0 bridgehead atoms. The maximum atomic E-state index is 3.63. The summed E-state index contributed by atoms with van der Waals surface area (Å²) in [6.07, 6.45) is 0. The number of nitrogens with one attached hydrogen (secondary N) is 1. The van der Waals surface area contributed by atoms with Crippen LogP contribution in [0.5, 0.6) is 0 Å². The molecule has 0 aliphatic rings. The highest BCUT2D eigenvalue weighted by Gasteiger charge is 2.20. The number of nitrogens with zero attached hydrogens (tertiary/aromatic N) is 1. The Morgan fingerprint density at radius 3 is 1.57 bits per heavy atom. The summed E-state index contributed by atoms with van der Waals surface area (Å²) in [7, 11) is 0. The normalized spacial score (nSPS) is 12.2. The van der Waals surface area contributed by atoms with Crippen LogP contribution in [0.3, 0.4) is 0 Å². The van der Waals surface area contributed by atoms with Crippen LogP contribution in [0.15, 0.2) is 115 Å². The van der Waals surface area contributed by atoms with Crippen LogP contribution >= 0.6 is 0 Å². The lowest BCUT2D eigenvalue weighted by Crippen LogP contribution is -2.10. The lowest BCUT2D eigenvalue weighted by Gasteiger charge is -2.19. The Kier molecular flexibility index (Phi) is 6.30. The molecular weight excluding hydrogens is 484 g/mol. The smallest absolute Gasteiger partial charge is 0.0541 e. The van der Waals surface area contributed by atoms with Crippen molar-refractivity contribution in [2.24, 2.45) is 0 Å². The zero-order valence-corrected chi connectivity index (χ0v) is 24.4. The minimum Gasteiger partial charge on any atom is -0.355 e. The van der Waals surface area contributed by atoms with Gasteiger partial charge in [0.2, 0.25) is 0 Å². The topological polar surface area (TPSA) is 17.0 Å². The monoisotopic (exact) mass is 522 g/mol. The zero-order valence-electron chi connectivity index (χ0n) is 24.4. The fourth-order valence-corrected chi connectivity index (χ4v) is 5.50. The Balaban J connectivity index is 1.43. The number of anilines is 2. The molecule has 40 heavy (non-hydrogen) atoms. The van der Waals surface area contributed by atoms with Gasteiger partial charge in [-0.1, -0.05) is 102 Å². The van der Waals surface area contributed by atoms with E-state index >= 15 is 0 Å². The molecule has 5 aromatic carbocycles. The molecule has 0 unspecified atom stereocenters. The van der Waals surface area contributed by atoms with Gasteiger partial charge in [0, 0.05) is 27.8 Å². The molecule has 0 saturated carbocycles. The van der Waals surface area contributed by atoms with Crippen LogP contribution < -0.4 is 5.32 Å². The van der Waals surface area contributed by atoms with Gasteiger partial charge in [-0.25, -0.2) is 0 Å². The van der Waals surface area contributed by atoms with Gasteiger partial charge in [-0.05, 0) is 87.7 Å². The van der Waals surface area contributed by atoms with Crippen molar-refractivity contribution >= 4 is 33.2 Å². The molecule has 0 amide bonds. The Morgan fingerprint density at radius 1 is 0.475 bits per heavy atom. The fraction of sp³-hybridized carbons (Fsp3) is 0.211. The van der Waals surface area contributed by atoms with E-state index in [1.165, 1.54) is 44.1 Å². The number of benzene rings is 5. The van der Waals surface area contributed by atoms with Gasteiger partial charge in [0.25, 0.3) is 0 Å². The summed E-state index contributed by atoms with van der Waals surface area (Å²) in [6, 6.07) is 41.9. The van der Waals surface area contributed by atoms with Gasteiger partial charge < -0.3 is 9.88 Å². The highest BCUT2D eigenvalue weighted by atomic mass is 15.0. The average molecular weight is 523 g/mol. The molecule has 0 atom stereocenters. The van der Waals surface area contributed by atoms with Gasteiger partial charge in [-0.2, -0.15) is 0 Å². The minimum atomic E-state index is 0.0874. The van der Waals surface area contributed by atoms with Gasteiger partial charge in [-0.15, -0.1) is 0 Å². The second-order valence-corrected chi connectivity index (χ2v) is 12.9. The standard InChI is InChI=1S/C38H38N2/c1-37(2,3)28-17-21-35-33(23-28)34-24-29(38(4,5)6)18-22-36(34)40(35)32-14-10-13-31(25-32)39-30-19-15-27(16-20-30)26-11-8-7-9-12-26/h7-25,39H,1-6H3. The number of fused-ring (bicyclic) bond motifs is 3. The predicted octanol–water partition coefficient (Wildman–Crippen LogP) is 10.8. The number of rotatable bonds is 4. The van der Waals surface area contributed by atoms with Crippen molar-refractivity contribution < 1.29 is 0 Å². The van der Waals surface area contributed by atoms with Gasteiger partial charge in [0.1, 0.15) is 0 Å². The number of aromatic nitrogens is 1. The first kappa shape index (κ1) is 26.0. The van der Waals surface area contributed by atoms with Gasteiger partial charge in [0.15, 0.2) is 0 Å². The van der Waals surface area contributed by atoms with E-state index in [1.54, 1.807) is 0 Å². The molecule has 0 aliphatic heterocycles. The summed E-state index contributed by atoms with van der Waals surface area (Å²) in [5, 5.41) is 6.24. The summed E-state index contributed by atoms with van der Waals surface area (Å²) >= 11 is 0. The zero-order chi connectivity index (χ0) is 28.1. The van der Waals surface area contributed by atoms with Gasteiger partial charge in [-0.3, -0.25) is 0 Å². The third-order valence-electron chi connectivity index (χ3n) is 7.88.